The number of anilines is 1. The van der Waals surface area contributed by atoms with E-state index in [4.69, 9.17) is 0 Å². The van der Waals surface area contributed by atoms with Crippen molar-refractivity contribution < 1.29 is 18.0 Å². The van der Waals surface area contributed by atoms with Gasteiger partial charge in [-0.1, -0.05) is 50.2 Å². The molecule has 2 aromatic rings. The Morgan fingerprint density at radius 3 is 2.50 bits per heavy atom. The van der Waals surface area contributed by atoms with E-state index in [0.29, 0.717) is 11.3 Å². The van der Waals surface area contributed by atoms with Crippen LogP contribution in [0.1, 0.15) is 42.9 Å². The third kappa shape index (κ3) is 4.60. The molecule has 0 bridgehead atoms. The van der Waals surface area contributed by atoms with Crippen LogP contribution in [0.4, 0.5) is 18.9 Å². The predicted octanol–water partition coefficient (Wildman–Crippen LogP) is 5.40. The molecule has 2 nitrogen and oxygen atoms in total. The number of carbonyl (C=O) groups excluding carboxylic acids is 1. The molecular formula is C19H20F3NO. The lowest BCUT2D eigenvalue weighted by Gasteiger charge is -2.16. The number of benzene rings is 2. The van der Waals surface area contributed by atoms with Crippen LogP contribution in [0.3, 0.4) is 0 Å². The Bertz CT molecular complexity index is 710. The maximum absolute atomic E-state index is 12.7. The summed E-state index contributed by atoms with van der Waals surface area (Å²) < 4.78 is 38.2. The van der Waals surface area contributed by atoms with E-state index in [0.717, 1.165) is 24.1 Å². The topological polar surface area (TPSA) is 29.1 Å². The summed E-state index contributed by atoms with van der Waals surface area (Å²) in [6.07, 6.45) is -3.57. The highest BCUT2D eigenvalue weighted by Crippen LogP contribution is 2.30. The third-order valence-corrected chi connectivity index (χ3v) is 4.00. The van der Waals surface area contributed by atoms with Gasteiger partial charge in [-0.3, -0.25) is 4.79 Å². The highest BCUT2D eigenvalue weighted by molar-refractivity contribution is 5.93. The fraction of sp³-hybridized carbons (Fsp3) is 0.316. The lowest BCUT2D eigenvalue weighted by molar-refractivity contribution is -0.137. The second kappa shape index (κ2) is 7.51. The van der Waals surface area contributed by atoms with Gasteiger partial charge >= 0.3 is 6.18 Å². The summed E-state index contributed by atoms with van der Waals surface area (Å²) in [6.45, 7) is 4.13. The van der Waals surface area contributed by atoms with E-state index in [-0.39, 0.29) is 18.2 Å². The summed E-state index contributed by atoms with van der Waals surface area (Å²) in [5.41, 5.74) is 1.33. The van der Waals surface area contributed by atoms with Gasteiger partial charge in [-0.05, 0) is 35.6 Å². The van der Waals surface area contributed by atoms with Gasteiger partial charge in [-0.15, -0.1) is 0 Å². The molecule has 0 unspecified atom stereocenters. The van der Waals surface area contributed by atoms with Gasteiger partial charge < -0.3 is 5.32 Å². The summed E-state index contributed by atoms with van der Waals surface area (Å²) in [5.74, 6) is -0.0415. The molecule has 2 rings (SSSR count). The van der Waals surface area contributed by atoms with Crippen molar-refractivity contribution in [2.24, 2.45) is 0 Å². The Balaban J connectivity index is 2.12. The zero-order valence-corrected chi connectivity index (χ0v) is 13.7. The molecule has 1 atom stereocenters. The summed E-state index contributed by atoms with van der Waals surface area (Å²) in [7, 11) is 0. The minimum absolute atomic E-state index is 0.0985. The van der Waals surface area contributed by atoms with Gasteiger partial charge in [0, 0.05) is 5.69 Å². The Morgan fingerprint density at radius 1 is 1.12 bits per heavy atom. The molecule has 0 aliphatic carbocycles. The number of para-hydroxylation sites is 1. The number of hydrogen-bond donors (Lipinski definition) is 1. The zero-order valence-electron chi connectivity index (χ0n) is 13.7. The minimum Gasteiger partial charge on any atom is -0.326 e. The number of halogens is 3. The van der Waals surface area contributed by atoms with Crippen molar-refractivity contribution in [3.05, 3.63) is 65.2 Å². The van der Waals surface area contributed by atoms with E-state index in [1.54, 1.807) is 0 Å². The Morgan fingerprint density at radius 2 is 1.83 bits per heavy atom. The Kier molecular flexibility index (Phi) is 5.65. The second-order valence-electron chi connectivity index (χ2n) is 5.82. The Hall–Kier alpha value is -2.30. The second-order valence-corrected chi connectivity index (χ2v) is 5.82. The maximum atomic E-state index is 12.7. The average molecular weight is 335 g/mol. The molecule has 1 amide bonds. The van der Waals surface area contributed by atoms with Gasteiger partial charge in [-0.25, -0.2) is 0 Å². The first-order chi connectivity index (χ1) is 11.3. The largest absolute Gasteiger partial charge is 0.416 e. The van der Waals surface area contributed by atoms with Crippen molar-refractivity contribution in [2.75, 3.05) is 5.32 Å². The number of rotatable bonds is 5. The van der Waals surface area contributed by atoms with E-state index >= 15 is 0 Å². The van der Waals surface area contributed by atoms with Gasteiger partial charge in [-0.2, -0.15) is 13.2 Å². The highest BCUT2D eigenvalue weighted by atomic mass is 19.4. The lowest BCUT2D eigenvalue weighted by atomic mass is 9.96. The van der Waals surface area contributed by atoms with Crippen LogP contribution >= 0.6 is 0 Å². The fourth-order valence-corrected chi connectivity index (χ4v) is 2.50. The summed E-state index contributed by atoms with van der Waals surface area (Å²) in [5, 5.41) is 2.81. The SMILES string of the molecule is CC[C@@H](C)c1ccccc1NC(=O)Cc1cccc(C(F)(F)F)c1. The molecule has 0 aliphatic heterocycles. The first-order valence-electron chi connectivity index (χ1n) is 7.86. The van der Waals surface area contributed by atoms with Crippen LogP contribution in [0.5, 0.6) is 0 Å². The first-order valence-corrected chi connectivity index (χ1v) is 7.86. The van der Waals surface area contributed by atoms with Crippen molar-refractivity contribution in [1.82, 2.24) is 0 Å². The van der Waals surface area contributed by atoms with E-state index in [1.165, 1.54) is 12.1 Å². The van der Waals surface area contributed by atoms with E-state index in [1.807, 2.05) is 24.3 Å². The van der Waals surface area contributed by atoms with Crippen molar-refractivity contribution >= 4 is 11.6 Å². The van der Waals surface area contributed by atoms with Crippen molar-refractivity contribution in [3.8, 4) is 0 Å². The molecule has 0 fully saturated rings. The van der Waals surface area contributed by atoms with E-state index < -0.39 is 11.7 Å². The average Bonchev–Trinajstić information content (AvgIpc) is 2.54. The van der Waals surface area contributed by atoms with Gasteiger partial charge in [0.15, 0.2) is 0 Å². The molecule has 0 aliphatic rings. The molecule has 0 saturated heterocycles. The van der Waals surface area contributed by atoms with Gasteiger partial charge in [0.2, 0.25) is 5.91 Å². The predicted molar refractivity (Wildman–Crippen MR) is 88.9 cm³/mol. The number of alkyl halides is 3. The smallest absolute Gasteiger partial charge is 0.326 e. The molecule has 0 radical (unpaired) electrons. The molecule has 128 valence electrons. The molecule has 0 spiro atoms. The normalized spacial score (nSPS) is 12.7. The van der Waals surface area contributed by atoms with Crippen LogP contribution in [0.15, 0.2) is 48.5 Å². The van der Waals surface area contributed by atoms with Crippen LogP contribution in [-0.2, 0) is 17.4 Å². The van der Waals surface area contributed by atoms with Crippen LogP contribution < -0.4 is 5.32 Å². The fourth-order valence-electron chi connectivity index (χ4n) is 2.50. The number of hydrogen-bond acceptors (Lipinski definition) is 1. The summed E-state index contributed by atoms with van der Waals surface area (Å²) >= 11 is 0. The number of amides is 1. The molecule has 24 heavy (non-hydrogen) atoms. The highest BCUT2D eigenvalue weighted by Gasteiger charge is 2.30. The molecule has 2 aromatic carbocycles. The minimum atomic E-state index is -4.41. The van der Waals surface area contributed by atoms with Crippen molar-refractivity contribution in [2.45, 2.75) is 38.8 Å². The maximum Gasteiger partial charge on any atom is 0.416 e. The van der Waals surface area contributed by atoms with Gasteiger partial charge in [0.1, 0.15) is 0 Å². The third-order valence-electron chi connectivity index (χ3n) is 4.00. The number of carbonyl (C=O) groups is 1. The molecule has 0 aromatic heterocycles. The van der Waals surface area contributed by atoms with Crippen LogP contribution in [0.25, 0.3) is 0 Å². The van der Waals surface area contributed by atoms with E-state index in [2.05, 4.69) is 19.2 Å². The zero-order chi connectivity index (χ0) is 17.7. The van der Waals surface area contributed by atoms with Crippen LogP contribution in [0.2, 0.25) is 0 Å². The summed E-state index contributed by atoms with van der Waals surface area (Å²) in [4.78, 5) is 12.2. The van der Waals surface area contributed by atoms with Crippen molar-refractivity contribution in [3.63, 3.8) is 0 Å². The van der Waals surface area contributed by atoms with Crippen molar-refractivity contribution in [1.29, 1.82) is 0 Å². The standard InChI is InChI=1S/C19H20F3NO/c1-3-13(2)16-9-4-5-10-17(16)23-18(24)12-14-7-6-8-15(11-14)19(20,21)22/h4-11,13H,3,12H2,1-2H3,(H,23,24)/t13-/m1/s1. The quantitative estimate of drug-likeness (QED) is 0.779. The molecule has 0 heterocycles. The summed E-state index contributed by atoms with van der Waals surface area (Å²) in [6, 6.07) is 12.4. The Labute approximate surface area is 139 Å². The molecule has 5 heteroatoms. The lowest BCUT2D eigenvalue weighted by Crippen LogP contribution is -2.16. The number of nitrogens with one attached hydrogen (secondary N) is 1. The monoisotopic (exact) mass is 335 g/mol. The molecule has 0 saturated carbocycles. The van der Waals surface area contributed by atoms with Gasteiger partial charge in [0.05, 0.1) is 12.0 Å². The first kappa shape index (κ1) is 18.0. The van der Waals surface area contributed by atoms with Crippen LogP contribution in [-0.4, -0.2) is 5.91 Å². The molecular weight excluding hydrogens is 315 g/mol. The van der Waals surface area contributed by atoms with Gasteiger partial charge in [0.25, 0.3) is 0 Å². The van der Waals surface area contributed by atoms with Crippen LogP contribution in [0, 0.1) is 0 Å². The van der Waals surface area contributed by atoms with E-state index in [9.17, 15) is 18.0 Å². The molecule has 1 N–H and O–H groups in total.